The zero-order valence-corrected chi connectivity index (χ0v) is 8.69. The molecule has 4 N–H and O–H groups in total. The number of hydrogen-bond acceptors (Lipinski definition) is 4. The van der Waals surface area contributed by atoms with Crippen LogP contribution in [-0.4, -0.2) is 21.0 Å². The van der Waals surface area contributed by atoms with E-state index >= 15 is 0 Å². The Hall–Kier alpha value is -2.37. The van der Waals surface area contributed by atoms with E-state index in [-0.39, 0.29) is 11.7 Å². The van der Waals surface area contributed by atoms with E-state index in [0.29, 0.717) is 11.4 Å². The van der Waals surface area contributed by atoms with Crippen molar-refractivity contribution < 1.29 is 4.74 Å². The Labute approximate surface area is 92.0 Å². The molecule has 2 aromatic rings. The Morgan fingerprint density at radius 3 is 3.00 bits per heavy atom. The number of pyridine rings is 1. The number of hydrogen-bond donors (Lipinski definition) is 3. The predicted octanol–water partition coefficient (Wildman–Crippen LogP) is 1.19. The van der Waals surface area contributed by atoms with Crippen molar-refractivity contribution >= 4 is 5.84 Å². The molecule has 0 aliphatic heterocycles. The van der Waals surface area contributed by atoms with Gasteiger partial charge >= 0.3 is 0 Å². The first kappa shape index (κ1) is 10.2. The van der Waals surface area contributed by atoms with Gasteiger partial charge in [-0.25, -0.2) is 4.98 Å². The smallest absolute Gasteiger partial charge is 0.240 e. The van der Waals surface area contributed by atoms with Crippen molar-refractivity contribution in [3.63, 3.8) is 0 Å². The van der Waals surface area contributed by atoms with Crippen molar-refractivity contribution in [1.82, 2.24) is 15.2 Å². The van der Waals surface area contributed by atoms with E-state index in [9.17, 15) is 0 Å². The second kappa shape index (κ2) is 4.01. The zero-order valence-electron chi connectivity index (χ0n) is 8.69. The molecule has 2 heterocycles. The van der Waals surface area contributed by atoms with Crippen LogP contribution in [-0.2, 0) is 0 Å². The quantitative estimate of drug-likeness (QED) is 0.531. The first-order valence-electron chi connectivity index (χ1n) is 4.66. The van der Waals surface area contributed by atoms with Crippen molar-refractivity contribution in [2.45, 2.75) is 6.92 Å². The number of nitrogen functional groups attached to an aromatic ring is 1. The second-order valence-electron chi connectivity index (χ2n) is 3.26. The third kappa shape index (κ3) is 2.00. The summed E-state index contributed by atoms with van der Waals surface area (Å²) < 4.78 is 5.42. The molecule has 0 aromatic carbocycles. The van der Waals surface area contributed by atoms with Gasteiger partial charge in [0.05, 0.1) is 5.56 Å². The highest BCUT2D eigenvalue weighted by atomic mass is 16.5. The van der Waals surface area contributed by atoms with Crippen molar-refractivity contribution in [1.29, 1.82) is 5.41 Å². The van der Waals surface area contributed by atoms with E-state index in [1.54, 1.807) is 24.4 Å². The SMILES string of the molecule is Cc1cc(Oc2ncccc2C(=N)N)n[nH]1. The van der Waals surface area contributed by atoms with Gasteiger partial charge in [0.25, 0.3) is 0 Å². The maximum Gasteiger partial charge on any atom is 0.240 e. The molecule has 0 spiro atoms. The number of ether oxygens (including phenoxy) is 1. The molecule has 0 radical (unpaired) electrons. The molecule has 2 rings (SSSR count). The van der Waals surface area contributed by atoms with E-state index < -0.39 is 0 Å². The number of aromatic nitrogens is 3. The Morgan fingerprint density at radius 2 is 2.38 bits per heavy atom. The van der Waals surface area contributed by atoms with E-state index in [1.807, 2.05) is 6.92 Å². The van der Waals surface area contributed by atoms with Crippen LogP contribution in [0.2, 0.25) is 0 Å². The number of rotatable bonds is 3. The summed E-state index contributed by atoms with van der Waals surface area (Å²) >= 11 is 0. The summed E-state index contributed by atoms with van der Waals surface area (Å²) in [7, 11) is 0. The molecule has 2 aromatic heterocycles. The standard InChI is InChI=1S/C10H11N5O/c1-6-5-8(15-14-6)16-10-7(9(11)12)3-2-4-13-10/h2-5H,1H3,(H3,11,12)(H,14,15). The number of aryl methyl sites for hydroxylation is 1. The lowest BCUT2D eigenvalue weighted by atomic mass is 10.2. The monoisotopic (exact) mass is 217 g/mol. The van der Waals surface area contributed by atoms with E-state index in [1.165, 1.54) is 0 Å². The zero-order chi connectivity index (χ0) is 11.5. The van der Waals surface area contributed by atoms with Crippen LogP contribution < -0.4 is 10.5 Å². The molecule has 82 valence electrons. The molecule has 0 saturated heterocycles. The fraction of sp³-hybridized carbons (Fsp3) is 0.100. The lowest BCUT2D eigenvalue weighted by Gasteiger charge is -2.05. The van der Waals surface area contributed by atoms with Gasteiger partial charge in [-0.05, 0) is 19.1 Å². The molecular weight excluding hydrogens is 206 g/mol. The highest BCUT2D eigenvalue weighted by molar-refractivity contribution is 5.97. The summed E-state index contributed by atoms with van der Waals surface area (Å²) in [5, 5.41) is 14.0. The van der Waals surface area contributed by atoms with Crippen molar-refractivity contribution in [3.8, 4) is 11.8 Å². The maximum atomic E-state index is 7.38. The normalized spacial score (nSPS) is 10.1. The van der Waals surface area contributed by atoms with Gasteiger partial charge in [0.2, 0.25) is 11.8 Å². The summed E-state index contributed by atoms with van der Waals surface area (Å²) in [6.07, 6.45) is 1.57. The average molecular weight is 217 g/mol. The molecule has 0 bridgehead atoms. The van der Waals surface area contributed by atoms with Crippen LogP contribution in [0.1, 0.15) is 11.3 Å². The van der Waals surface area contributed by atoms with Crippen LogP contribution in [0.15, 0.2) is 24.4 Å². The number of nitrogens with zero attached hydrogens (tertiary/aromatic N) is 2. The fourth-order valence-electron chi connectivity index (χ4n) is 1.22. The number of aromatic amines is 1. The van der Waals surface area contributed by atoms with Crippen molar-refractivity contribution in [2.75, 3.05) is 0 Å². The minimum absolute atomic E-state index is 0.0876. The van der Waals surface area contributed by atoms with E-state index in [4.69, 9.17) is 15.9 Å². The Bertz CT molecular complexity index is 519. The maximum absolute atomic E-state index is 7.38. The highest BCUT2D eigenvalue weighted by Crippen LogP contribution is 2.20. The third-order valence-corrected chi connectivity index (χ3v) is 1.95. The minimum Gasteiger partial charge on any atom is -0.418 e. The first-order valence-corrected chi connectivity index (χ1v) is 4.66. The van der Waals surface area contributed by atoms with Crippen molar-refractivity contribution in [2.24, 2.45) is 5.73 Å². The van der Waals surface area contributed by atoms with Crippen LogP contribution in [0.3, 0.4) is 0 Å². The molecule has 0 unspecified atom stereocenters. The van der Waals surface area contributed by atoms with Crippen LogP contribution in [0.25, 0.3) is 0 Å². The van der Waals surface area contributed by atoms with Gasteiger partial charge in [-0.1, -0.05) is 0 Å². The Morgan fingerprint density at radius 1 is 1.56 bits per heavy atom. The minimum atomic E-state index is -0.0876. The second-order valence-corrected chi connectivity index (χ2v) is 3.26. The lowest BCUT2D eigenvalue weighted by molar-refractivity contribution is 0.442. The summed E-state index contributed by atoms with van der Waals surface area (Å²) in [5.41, 5.74) is 6.74. The van der Waals surface area contributed by atoms with Gasteiger partial charge in [-0.15, -0.1) is 5.10 Å². The summed E-state index contributed by atoms with van der Waals surface area (Å²) in [6, 6.07) is 5.10. The van der Waals surface area contributed by atoms with Gasteiger partial charge in [0.15, 0.2) is 0 Å². The lowest BCUT2D eigenvalue weighted by Crippen LogP contribution is -2.12. The summed E-state index contributed by atoms with van der Waals surface area (Å²) in [4.78, 5) is 4.01. The van der Waals surface area contributed by atoms with Crippen LogP contribution >= 0.6 is 0 Å². The van der Waals surface area contributed by atoms with Gasteiger partial charge in [-0.2, -0.15) is 0 Å². The molecule has 0 aliphatic carbocycles. The number of amidine groups is 1. The van der Waals surface area contributed by atoms with Gasteiger partial charge in [0.1, 0.15) is 5.84 Å². The largest absolute Gasteiger partial charge is 0.418 e. The van der Waals surface area contributed by atoms with Crippen LogP contribution in [0.5, 0.6) is 11.8 Å². The first-order chi connectivity index (χ1) is 7.66. The molecule has 0 fully saturated rings. The van der Waals surface area contributed by atoms with Crippen LogP contribution in [0, 0.1) is 12.3 Å². The number of nitrogens with one attached hydrogen (secondary N) is 2. The highest BCUT2D eigenvalue weighted by Gasteiger charge is 2.09. The molecule has 6 nitrogen and oxygen atoms in total. The number of nitrogens with two attached hydrogens (primary N) is 1. The van der Waals surface area contributed by atoms with Crippen LogP contribution in [0.4, 0.5) is 0 Å². The molecule has 16 heavy (non-hydrogen) atoms. The Kier molecular flexibility index (Phi) is 2.55. The van der Waals surface area contributed by atoms with E-state index in [2.05, 4.69) is 15.2 Å². The van der Waals surface area contributed by atoms with E-state index in [0.717, 1.165) is 5.69 Å². The molecule has 0 atom stereocenters. The topological polar surface area (TPSA) is 101 Å². The third-order valence-electron chi connectivity index (χ3n) is 1.95. The molecule has 6 heteroatoms. The van der Waals surface area contributed by atoms with Gasteiger partial charge in [-0.3, -0.25) is 10.5 Å². The summed E-state index contributed by atoms with van der Waals surface area (Å²) in [5.74, 6) is 0.593. The molecule has 0 saturated carbocycles. The van der Waals surface area contributed by atoms with Crippen molar-refractivity contribution in [3.05, 3.63) is 35.7 Å². The molecular formula is C10H11N5O. The average Bonchev–Trinajstić information content (AvgIpc) is 2.64. The number of H-pyrrole nitrogens is 1. The fourth-order valence-corrected chi connectivity index (χ4v) is 1.22. The van der Waals surface area contributed by atoms with Gasteiger partial charge in [0, 0.05) is 18.0 Å². The molecule has 0 aliphatic rings. The summed E-state index contributed by atoms with van der Waals surface area (Å²) in [6.45, 7) is 1.87. The Balaban J connectivity index is 2.31. The van der Waals surface area contributed by atoms with Gasteiger partial charge < -0.3 is 10.5 Å². The predicted molar refractivity (Wildman–Crippen MR) is 58.7 cm³/mol. The molecule has 0 amide bonds.